The number of aryl methyl sites for hydroxylation is 1. The molecule has 3 aromatic rings. The lowest BCUT2D eigenvalue weighted by Crippen LogP contribution is -2.51. The lowest BCUT2D eigenvalue weighted by Gasteiger charge is -2.35. The Morgan fingerprint density at radius 2 is 1.76 bits per heavy atom. The van der Waals surface area contributed by atoms with E-state index in [-0.39, 0.29) is 24.6 Å². The average molecular weight is 483 g/mol. The minimum absolute atomic E-state index is 0.140. The first-order chi connectivity index (χ1) is 16.4. The van der Waals surface area contributed by atoms with Gasteiger partial charge in [0.05, 0.1) is 30.8 Å². The molecule has 3 aromatic carbocycles. The fourth-order valence-electron chi connectivity index (χ4n) is 3.57. The lowest BCUT2D eigenvalue weighted by atomic mass is 10.1. The molecule has 1 amide bonds. The third-order valence-corrected chi connectivity index (χ3v) is 7.13. The number of amides is 1. The van der Waals surface area contributed by atoms with E-state index in [1.54, 1.807) is 61.7 Å². The van der Waals surface area contributed by atoms with Crippen LogP contribution in [0.3, 0.4) is 0 Å². The molecule has 34 heavy (non-hydrogen) atoms. The highest BCUT2D eigenvalue weighted by molar-refractivity contribution is 7.92. The molecule has 178 valence electrons. The van der Waals surface area contributed by atoms with Gasteiger partial charge in [-0.2, -0.15) is 0 Å². The van der Waals surface area contributed by atoms with Gasteiger partial charge in [0.1, 0.15) is 23.9 Å². The minimum Gasteiger partial charge on any atom is -0.497 e. The van der Waals surface area contributed by atoms with Gasteiger partial charge in [0.15, 0.2) is 6.10 Å². The van der Waals surface area contributed by atoms with E-state index in [1.165, 1.54) is 16.4 Å². The van der Waals surface area contributed by atoms with Gasteiger partial charge in [-0.25, -0.2) is 8.42 Å². The second-order valence-corrected chi connectivity index (χ2v) is 9.60. The molecule has 1 aliphatic heterocycles. The highest BCUT2D eigenvalue weighted by Gasteiger charge is 2.37. The SMILES string of the molecule is COc1ccc(OCCNC(=O)[C@@H]2CN(S(=O)(=O)c3ccccc3)c3cc(C)ccc3O2)cc1. The van der Waals surface area contributed by atoms with Crippen LogP contribution in [0, 0.1) is 6.92 Å². The van der Waals surface area contributed by atoms with Gasteiger partial charge >= 0.3 is 0 Å². The number of hydrogen-bond acceptors (Lipinski definition) is 6. The van der Waals surface area contributed by atoms with Crippen molar-refractivity contribution in [1.29, 1.82) is 0 Å². The zero-order chi connectivity index (χ0) is 24.1. The first-order valence-electron chi connectivity index (χ1n) is 10.8. The molecule has 0 saturated heterocycles. The van der Waals surface area contributed by atoms with Crippen molar-refractivity contribution in [3.63, 3.8) is 0 Å². The Balaban J connectivity index is 1.45. The molecular weight excluding hydrogens is 456 g/mol. The molecule has 1 heterocycles. The second-order valence-electron chi connectivity index (χ2n) is 7.74. The number of methoxy groups -OCH3 is 1. The standard InChI is InChI=1S/C25H26N2O6S/c1-18-8-13-23-22(16-18)27(34(29,30)21-6-4-3-5-7-21)17-24(33-23)25(28)26-14-15-32-20-11-9-19(31-2)10-12-20/h3-13,16,24H,14-15,17H2,1-2H3,(H,26,28)/t24-/m0/s1. The number of hydrogen-bond donors (Lipinski definition) is 1. The van der Waals surface area contributed by atoms with Gasteiger partial charge in [-0.15, -0.1) is 0 Å². The maximum atomic E-state index is 13.4. The molecule has 4 rings (SSSR count). The van der Waals surface area contributed by atoms with Gasteiger partial charge in [-0.05, 0) is 61.0 Å². The van der Waals surface area contributed by atoms with Crippen LogP contribution in [0.4, 0.5) is 5.69 Å². The van der Waals surface area contributed by atoms with Gasteiger partial charge in [-0.3, -0.25) is 9.10 Å². The molecule has 0 radical (unpaired) electrons. The molecule has 0 bridgehead atoms. The third kappa shape index (κ3) is 5.09. The van der Waals surface area contributed by atoms with Crippen molar-refractivity contribution < 1.29 is 27.4 Å². The summed E-state index contributed by atoms with van der Waals surface area (Å²) in [7, 11) is -2.30. The molecular formula is C25H26N2O6S. The maximum Gasteiger partial charge on any atom is 0.264 e. The van der Waals surface area contributed by atoms with Crippen molar-refractivity contribution >= 4 is 21.6 Å². The van der Waals surface area contributed by atoms with Crippen LogP contribution >= 0.6 is 0 Å². The van der Waals surface area contributed by atoms with E-state index < -0.39 is 22.0 Å². The van der Waals surface area contributed by atoms with Crippen molar-refractivity contribution in [2.24, 2.45) is 0 Å². The number of rotatable bonds is 8. The molecule has 0 aromatic heterocycles. The number of carbonyl (C=O) groups is 1. The maximum absolute atomic E-state index is 13.4. The number of benzene rings is 3. The Morgan fingerprint density at radius 3 is 2.47 bits per heavy atom. The smallest absolute Gasteiger partial charge is 0.264 e. The van der Waals surface area contributed by atoms with Gasteiger partial charge in [0.2, 0.25) is 0 Å². The summed E-state index contributed by atoms with van der Waals surface area (Å²) in [6.07, 6.45) is -1.00. The van der Waals surface area contributed by atoms with Crippen molar-refractivity contribution in [2.75, 3.05) is 31.1 Å². The number of sulfonamides is 1. The highest BCUT2D eigenvalue weighted by Crippen LogP contribution is 2.37. The van der Waals surface area contributed by atoms with Gasteiger partial charge in [-0.1, -0.05) is 24.3 Å². The first-order valence-corrected chi connectivity index (χ1v) is 12.2. The number of ether oxygens (including phenoxy) is 3. The van der Waals surface area contributed by atoms with E-state index in [9.17, 15) is 13.2 Å². The largest absolute Gasteiger partial charge is 0.497 e. The van der Waals surface area contributed by atoms with E-state index in [0.717, 1.165) is 11.3 Å². The van der Waals surface area contributed by atoms with Crippen molar-refractivity contribution in [2.45, 2.75) is 17.9 Å². The zero-order valence-corrected chi connectivity index (χ0v) is 19.7. The van der Waals surface area contributed by atoms with Crippen LogP contribution in [-0.2, 0) is 14.8 Å². The Morgan fingerprint density at radius 1 is 1.06 bits per heavy atom. The van der Waals surface area contributed by atoms with Crippen molar-refractivity contribution in [1.82, 2.24) is 5.32 Å². The molecule has 0 unspecified atom stereocenters. The van der Waals surface area contributed by atoms with E-state index >= 15 is 0 Å². The zero-order valence-electron chi connectivity index (χ0n) is 18.9. The summed E-state index contributed by atoms with van der Waals surface area (Å²) in [5.74, 6) is 1.29. The number of anilines is 1. The number of carbonyl (C=O) groups excluding carboxylic acids is 1. The summed E-state index contributed by atoms with van der Waals surface area (Å²) in [5, 5.41) is 2.76. The van der Waals surface area contributed by atoms with Crippen LogP contribution in [0.2, 0.25) is 0 Å². The van der Waals surface area contributed by atoms with E-state index in [0.29, 0.717) is 17.2 Å². The summed E-state index contributed by atoms with van der Waals surface area (Å²) in [4.78, 5) is 13.0. The molecule has 1 aliphatic rings. The number of nitrogens with one attached hydrogen (secondary N) is 1. The lowest BCUT2D eigenvalue weighted by molar-refractivity contribution is -0.127. The Labute approximate surface area is 199 Å². The summed E-state index contributed by atoms with van der Waals surface area (Å²) in [6, 6.07) is 20.5. The number of fused-ring (bicyclic) bond motifs is 1. The monoisotopic (exact) mass is 482 g/mol. The van der Waals surface area contributed by atoms with E-state index in [4.69, 9.17) is 14.2 Å². The van der Waals surface area contributed by atoms with Gasteiger partial charge in [0.25, 0.3) is 15.9 Å². The van der Waals surface area contributed by atoms with Crippen molar-refractivity contribution in [3.8, 4) is 17.2 Å². The highest BCUT2D eigenvalue weighted by atomic mass is 32.2. The van der Waals surface area contributed by atoms with Crippen molar-refractivity contribution in [3.05, 3.63) is 78.4 Å². The molecule has 1 atom stereocenters. The summed E-state index contributed by atoms with van der Waals surface area (Å²) in [6.45, 7) is 2.21. The summed E-state index contributed by atoms with van der Waals surface area (Å²) >= 11 is 0. The molecule has 9 heteroatoms. The van der Waals surface area contributed by atoms with E-state index in [2.05, 4.69) is 5.32 Å². The third-order valence-electron chi connectivity index (χ3n) is 5.34. The summed E-state index contributed by atoms with van der Waals surface area (Å²) in [5.41, 5.74) is 1.30. The van der Waals surface area contributed by atoms with Crippen LogP contribution in [0.15, 0.2) is 77.7 Å². The molecule has 0 aliphatic carbocycles. The van der Waals surface area contributed by atoms with Crippen LogP contribution in [0.25, 0.3) is 0 Å². The molecule has 8 nitrogen and oxygen atoms in total. The normalized spacial score (nSPS) is 15.1. The fourth-order valence-corrected chi connectivity index (χ4v) is 5.06. The van der Waals surface area contributed by atoms with Crippen LogP contribution in [0.5, 0.6) is 17.2 Å². The van der Waals surface area contributed by atoms with Gasteiger partial charge < -0.3 is 19.5 Å². The first kappa shape index (κ1) is 23.4. The quantitative estimate of drug-likeness (QED) is 0.496. The Bertz CT molecular complexity index is 1250. The second kappa shape index (κ2) is 10.0. The Hall–Kier alpha value is -3.72. The molecule has 0 saturated carbocycles. The fraction of sp³-hybridized carbons (Fsp3) is 0.240. The molecule has 0 fully saturated rings. The summed E-state index contributed by atoms with van der Waals surface area (Å²) < 4.78 is 44.7. The Kier molecular flexibility index (Phi) is 6.93. The molecule has 1 N–H and O–H groups in total. The minimum atomic E-state index is -3.89. The predicted molar refractivity (Wildman–Crippen MR) is 128 cm³/mol. The van der Waals surface area contributed by atoms with Gasteiger partial charge in [0, 0.05) is 0 Å². The van der Waals surface area contributed by atoms with E-state index in [1.807, 2.05) is 13.0 Å². The predicted octanol–water partition coefficient (Wildman–Crippen LogP) is 3.16. The van der Waals surface area contributed by atoms with Crippen LogP contribution in [0.1, 0.15) is 5.56 Å². The topological polar surface area (TPSA) is 94.2 Å². The average Bonchev–Trinajstić information content (AvgIpc) is 2.86. The van der Waals surface area contributed by atoms with Crippen LogP contribution in [-0.4, -0.2) is 47.2 Å². The number of nitrogens with zero attached hydrogens (tertiary/aromatic N) is 1. The molecule has 0 spiro atoms. The van der Waals surface area contributed by atoms with Crippen LogP contribution < -0.4 is 23.8 Å².